The van der Waals surface area contributed by atoms with E-state index in [1.165, 1.54) is 64.5 Å². The summed E-state index contributed by atoms with van der Waals surface area (Å²) < 4.78 is 0. The van der Waals surface area contributed by atoms with Crippen LogP contribution in [0.1, 0.15) is 98.8 Å². The van der Waals surface area contributed by atoms with E-state index < -0.39 is 0 Å². The average Bonchev–Trinajstić information content (AvgIpc) is 3.00. The molecular formula is C28H51ClN2O2. The van der Waals surface area contributed by atoms with Crippen molar-refractivity contribution in [3.63, 3.8) is 0 Å². The predicted molar refractivity (Wildman–Crippen MR) is 138 cm³/mol. The van der Waals surface area contributed by atoms with Gasteiger partial charge in [-0.2, -0.15) is 0 Å². The zero-order valence-corrected chi connectivity index (χ0v) is 22.7. The SMILES string of the molecule is CC(C)(C)NC1C[C@@]2(C)C(CC[C@@H]3[C@H]2CC[C@]2(C)C(O)C(N4CCCCC4)C[C@@H]32)CC1O.Cl. The van der Waals surface area contributed by atoms with Crippen LogP contribution in [0.15, 0.2) is 0 Å². The number of nitrogens with one attached hydrogen (secondary N) is 1. The minimum Gasteiger partial charge on any atom is -0.391 e. The molecule has 0 amide bonds. The van der Waals surface area contributed by atoms with Crippen molar-refractivity contribution in [1.82, 2.24) is 10.2 Å². The van der Waals surface area contributed by atoms with Crippen molar-refractivity contribution in [3.8, 4) is 0 Å². The van der Waals surface area contributed by atoms with E-state index in [1.807, 2.05) is 0 Å². The third kappa shape index (κ3) is 4.43. The average molecular weight is 483 g/mol. The Morgan fingerprint density at radius 2 is 1.58 bits per heavy atom. The largest absolute Gasteiger partial charge is 0.391 e. The molecule has 10 atom stereocenters. The highest BCUT2D eigenvalue weighted by Crippen LogP contribution is 2.66. The Balaban J connectivity index is 0.00000259. The molecule has 0 bridgehead atoms. The number of hydrogen-bond acceptors (Lipinski definition) is 4. The molecule has 0 spiro atoms. The Morgan fingerprint density at radius 1 is 0.879 bits per heavy atom. The molecule has 5 aliphatic rings. The van der Waals surface area contributed by atoms with Crippen LogP contribution < -0.4 is 5.32 Å². The number of rotatable bonds is 2. The lowest BCUT2D eigenvalue weighted by molar-refractivity contribution is -0.143. The van der Waals surface area contributed by atoms with Crippen LogP contribution >= 0.6 is 12.4 Å². The summed E-state index contributed by atoms with van der Waals surface area (Å²) in [5.74, 6) is 2.83. The van der Waals surface area contributed by atoms with Crippen molar-refractivity contribution >= 4 is 12.4 Å². The van der Waals surface area contributed by atoms with Crippen LogP contribution in [0, 0.1) is 34.5 Å². The molecule has 0 aromatic rings. The molecule has 4 saturated carbocycles. The fraction of sp³-hybridized carbons (Fsp3) is 1.00. The third-order valence-corrected chi connectivity index (χ3v) is 11.2. The van der Waals surface area contributed by atoms with E-state index in [1.54, 1.807) is 0 Å². The molecule has 5 rings (SSSR count). The molecule has 5 fully saturated rings. The zero-order chi connectivity index (χ0) is 22.9. The highest BCUT2D eigenvalue weighted by atomic mass is 35.5. The second kappa shape index (κ2) is 9.21. The molecule has 0 aromatic carbocycles. The van der Waals surface area contributed by atoms with E-state index in [0.29, 0.717) is 23.3 Å². The van der Waals surface area contributed by atoms with Gasteiger partial charge in [-0.3, -0.25) is 4.90 Å². The van der Waals surface area contributed by atoms with Gasteiger partial charge in [0.25, 0.3) is 0 Å². The maximum atomic E-state index is 11.6. The molecule has 4 aliphatic carbocycles. The summed E-state index contributed by atoms with van der Waals surface area (Å²) >= 11 is 0. The summed E-state index contributed by atoms with van der Waals surface area (Å²) in [6.45, 7) is 14.1. The molecule has 5 unspecified atom stereocenters. The second-order valence-electron chi connectivity index (χ2n) is 14.1. The van der Waals surface area contributed by atoms with Gasteiger partial charge in [0.15, 0.2) is 0 Å². The highest BCUT2D eigenvalue weighted by molar-refractivity contribution is 5.85. The molecule has 1 heterocycles. The molecule has 33 heavy (non-hydrogen) atoms. The van der Waals surface area contributed by atoms with Crippen molar-refractivity contribution in [2.24, 2.45) is 34.5 Å². The Morgan fingerprint density at radius 3 is 2.24 bits per heavy atom. The van der Waals surface area contributed by atoms with Gasteiger partial charge in [-0.05, 0) is 126 Å². The third-order valence-electron chi connectivity index (χ3n) is 11.2. The number of hydrogen-bond donors (Lipinski definition) is 3. The van der Waals surface area contributed by atoms with Gasteiger partial charge in [-0.25, -0.2) is 0 Å². The predicted octanol–water partition coefficient (Wildman–Crippen LogP) is 5.00. The van der Waals surface area contributed by atoms with Gasteiger partial charge in [-0.1, -0.05) is 20.3 Å². The molecule has 1 saturated heterocycles. The van der Waals surface area contributed by atoms with Crippen LogP contribution in [0.2, 0.25) is 0 Å². The summed E-state index contributed by atoms with van der Waals surface area (Å²) in [6, 6.07) is 0.594. The van der Waals surface area contributed by atoms with E-state index in [4.69, 9.17) is 0 Å². The summed E-state index contributed by atoms with van der Waals surface area (Å²) in [7, 11) is 0. The summed E-state index contributed by atoms with van der Waals surface area (Å²) in [5.41, 5.74) is 0.454. The maximum absolute atomic E-state index is 11.6. The van der Waals surface area contributed by atoms with Crippen molar-refractivity contribution in [3.05, 3.63) is 0 Å². The van der Waals surface area contributed by atoms with Gasteiger partial charge < -0.3 is 15.5 Å². The Bertz CT molecular complexity index is 692. The van der Waals surface area contributed by atoms with Crippen molar-refractivity contribution in [2.45, 2.75) is 129 Å². The van der Waals surface area contributed by atoms with Crippen LogP contribution in [-0.4, -0.2) is 58.0 Å². The number of nitrogens with zero attached hydrogens (tertiary/aromatic N) is 1. The minimum atomic E-state index is -0.213. The Hall–Kier alpha value is 0.130. The Kier molecular flexibility index (Phi) is 7.32. The first-order valence-electron chi connectivity index (χ1n) is 13.9. The van der Waals surface area contributed by atoms with Gasteiger partial charge in [0.2, 0.25) is 0 Å². The molecular weight excluding hydrogens is 432 g/mol. The van der Waals surface area contributed by atoms with Gasteiger partial charge >= 0.3 is 0 Å². The number of likely N-dealkylation sites (tertiary alicyclic amines) is 1. The quantitative estimate of drug-likeness (QED) is 0.518. The summed E-state index contributed by atoms with van der Waals surface area (Å²) in [4.78, 5) is 2.65. The number of fused-ring (bicyclic) bond motifs is 5. The zero-order valence-electron chi connectivity index (χ0n) is 21.9. The number of piperidine rings is 1. The molecule has 0 aromatic heterocycles. The normalized spacial score (nSPS) is 50.6. The summed E-state index contributed by atoms with van der Waals surface area (Å²) in [5, 5.41) is 26.4. The number of halogens is 1. The standard InChI is InChI=1S/C28H50N2O2.ClH/c1-26(2,3)29-22-17-28(5)18(15-24(22)31)9-10-19-20(28)11-12-27(4)21(19)16-23(25(27)32)30-13-7-6-8-14-30;/h18-25,29,31-32H,6-17H2,1-5H3;1H/t18?,19-,20-,21+,22?,23?,24?,25?,27+,28+;/m1./s1. The molecule has 1 aliphatic heterocycles. The van der Waals surface area contributed by atoms with Gasteiger partial charge in [0, 0.05) is 17.6 Å². The molecule has 5 heteroatoms. The van der Waals surface area contributed by atoms with Crippen molar-refractivity contribution < 1.29 is 10.2 Å². The van der Waals surface area contributed by atoms with Crippen LogP contribution in [0.4, 0.5) is 0 Å². The topological polar surface area (TPSA) is 55.7 Å². The van der Waals surface area contributed by atoms with Crippen LogP contribution in [-0.2, 0) is 0 Å². The first-order valence-corrected chi connectivity index (χ1v) is 13.9. The fourth-order valence-corrected chi connectivity index (χ4v) is 9.60. The fourth-order valence-electron chi connectivity index (χ4n) is 9.60. The number of aliphatic hydroxyl groups excluding tert-OH is 2. The van der Waals surface area contributed by atoms with Crippen molar-refractivity contribution in [2.75, 3.05) is 13.1 Å². The van der Waals surface area contributed by atoms with Crippen LogP contribution in [0.3, 0.4) is 0 Å². The van der Waals surface area contributed by atoms with E-state index in [-0.39, 0.29) is 41.6 Å². The highest BCUT2D eigenvalue weighted by Gasteiger charge is 2.63. The maximum Gasteiger partial charge on any atom is 0.0751 e. The number of aliphatic hydroxyl groups is 2. The van der Waals surface area contributed by atoms with E-state index in [2.05, 4.69) is 44.8 Å². The lowest BCUT2D eigenvalue weighted by atomic mass is 9.44. The molecule has 0 radical (unpaired) electrons. The van der Waals surface area contributed by atoms with Gasteiger partial charge in [-0.15, -0.1) is 12.4 Å². The van der Waals surface area contributed by atoms with Gasteiger partial charge in [0.1, 0.15) is 0 Å². The van der Waals surface area contributed by atoms with Crippen LogP contribution in [0.25, 0.3) is 0 Å². The molecule has 4 nitrogen and oxygen atoms in total. The summed E-state index contributed by atoms with van der Waals surface area (Å²) in [6.07, 6.45) is 11.9. The van der Waals surface area contributed by atoms with Crippen LogP contribution in [0.5, 0.6) is 0 Å². The Labute approximate surface area is 209 Å². The monoisotopic (exact) mass is 482 g/mol. The van der Waals surface area contributed by atoms with E-state index >= 15 is 0 Å². The lowest BCUT2D eigenvalue weighted by Gasteiger charge is -2.62. The lowest BCUT2D eigenvalue weighted by Crippen LogP contribution is -2.61. The second-order valence-corrected chi connectivity index (χ2v) is 14.1. The van der Waals surface area contributed by atoms with E-state index in [9.17, 15) is 10.2 Å². The van der Waals surface area contributed by atoms with Crippen molar-refractivity contribution in [1.29, 1.82) is 0 Å². The first-order chi connectivity index (χ1) is 15.0. The first kappa shape index (κ1) is 26.2. The molecule has 3 N–H and O–H groups in total. The van der Waals surface area contributed by atoms with Gasteiger partial charge in [0.05, 0.1) is 12.2 Å². The minimum absolute atomic E-state index is 0. The van der Waals surface area contributed by atoms with E-state index in [0.717, 1.165) is 24.7 Å². The smallest absolute Gasteiger partial charge is 0.0751 e. The molecule has 192 valence electrons.